The molecule has 3 aliphatic rings. The van der Waals surface area contributed by atoms with E-state index in [9.17, 15) is 9.90 Å². The van der Waals surface area contributed by atoms with Gasteiger partial charge in [-0.3, -0.25) is 9.69 Å². The molecule has 170 valence electrons. The Labute approximate surface area is 191 Å². The molecule has 2 aromatic rings. The van der Waals surface area contributed by atoms with Crippen molar-refractivity contribution in [3.8, 4) is 5.75 Å². The number of likely N-dealkylation sites (tertiary alicyclic amines) is 1. The Morgan fingerprint density at radius 2 is 1.66 bits per heavy atom. The van der Waals surface area contributed by atoms with Crippen LogP contribution in [0.3, 0.4) is 0 Å². The molecule has 4 heteroatoms. The van der Waals surface area contributed by atoms with Crippen LogP contribution in [0.2, 0.25) is 0 Å². The SMILES string of the molecule is O=C(Cc1cccc(C2CCCC2)c1O)OCC1C2CCC1CN(Cc1ccccc1)C2. The number of carbonyl (C=O) groups excluding carboxylic acids is 1. The van der Waals surface area contributed by atoms with Gasteiger partial charge in [-0.15, -0.1) is 0 Å². The molecular weight excluding hydrogens is 398 g/mol. The standard InChI is InChI=1S/C28H35NO3/c30-27(15-22-11-6-12-25(28(22)31)21-9-4-5-10-21)32-19-26-23-13-14-24(26)18-29(17-23)16-20-7-2-1-3-8-20/h1-3,6-8,11-12,21,23-24,26,31H,4-5,9-10,13-19H2. The third-order valence-corrected chi connectivity index (χ3v) is 8.07. The van der Waals surface area contributed by atoms with Crippen molar-refractivity contribution in [1.29, 1.82) is 0 Å². The van der Waals surface area contributed by atoms with Crippen LogP contribution in [0.5, 0.6) is 5.75 Å². The summed E-state index contributed by atoms with van der Waals surface area (Å²) in [5.74, 6) is 2.24. The second-order valence-electron chi connectivity index (χ2n) is 10.1. The molecule has 2 aromatic carbocycles. The fourth-order valence-corrected chi connectivity index (χ4v) is 6.39. The van der Waals surface area contributed by atoms with E-state index in [0.29, 0.717) is 41.6 Å². The van der Waals surface area contributed by atoms with E-state index in [4.69, 9.17) is 4.74 Å². The second kappa shape index (κ2) is 9.66. The number of carbonyl (C=O) groups is 1. The molecular formula is C28H35NO3. The lowest BCUT2D eigenvalue weighted by atomic mass is 9.85. The van der Waals surface area contributed by atoms with Crippen LogP contribution < -0.4 is 0 Å². The molecule has 2 saturated carbocycles. The first-order valence-electron chi connectivity index (χ1n) is 12.4. The number of piperidine rings is 1. The third kappa shape index (κ3) is 4.71. The van der Waals surface area contributed by atoms with Crippen LogP contribution in [0.1, 0.15) is 61.1 Å². The van der Waals surface area contributed by atoms with Crippen molar-refractivity contribution < 1.29 is 14.6 Å². The molecule has 4 nitrogen and oxygen atoms in total. The van der Waals surface area contributed by atoms with Crippen molar-refractivity contribution in [2.45, 2.75) is 57.4 Å². The molecule has 0 amide bonds. The van der Waals surface area contributed by atoms with Crippen molar-refractivity contribution in [2.75, 3.05) is 19.7 Å². The summed E-state index contributed by atoms with van der Waals surface area (Å²) in [6, 6.07) is 16.5. The minimum atomic E-state index is -0.213. The number of benzene rings is 2. The molecule has 1 N–H and O–H groups in total. The van der Waals surface area contributed by atoms with Crippen LogP contribution in [0, 0.1) is 17.8 Å². The maximum atomic E-state index is 12.6. The number of phenols is 1. The van der Waals surface area contributed by atoms with Gasteiger partial charge in [0.15, 0.2) is 0 Å². The average molecular weight is 434 g/mol. The third-order valence-electron chi connectivity index (χ3n) is 8.07. The van der Waals surface area contributed by atoms with Gasteiger partial charge in [0.1, 0.15) is 5.75 Å². The smallest absolute Gasteiger partial charge is 0.310 e. The molecule has 32 heavy (non-hydrogen) atoms. The molecule has 0 spiro atoms. The normalized spacial score (nSPS) is 25.8. The fourth-order valence-electron chi connectivity index (χ4n) is 6.39. The van der Waals surface area contributed by atoms with Crippen LogP contribution in [0.15, 0.2) is 48.5 Å². The highest BCUT2D eigenvalue weighted by Gasteiger charge is 2.42. The van der Waals surface area contributed by atoms with E-state index in [1.165, 1.54) is 31.2 Å². The minimum absolute atomic E-state index is 0.161. The van der Waals surface area contributed by atoms with Gasteiger partial charge in [0.25, 0.3) is 0 Å². The molecule has 2 bridgehead atoms. The maximum absolute atomic E-state index is 12.6. The Hall–Kier alpha value is -2.33. The van der Waals surface area contributed by atoms with Crippen molar-refractivity contribution in [3.63, 3.8) is 0 Å². The molecule has 2 atom stereocenters. The topological polar surface area (TPSA) is 49.8 Å². The largest absolute Gasteiger partial charge is 0.507 e. The van der Waals surface area contributed by atoms with E-state index < -0.39 is 0 Å². The van der Waals surface area contributed by atoms with E-state index in [2.05, 4.69) is 35.2 Å². The monoisotopic (exact) mass is 433 g/mol. The van der Waals surface area contributed by atoms with Crippen LogP contribution in [-0.4, -0.2) is 35.7 Å². The molecule has 2 unspecified atom stereocenters. The van der Waals surface area contributed by atoms with Gasteiger partial charge < -0.3 is 9.84 Å². The zero-order chi connectivity index (χ0) is 21.9. The lowest BCUT2D eigenvalue weighted by molar-refractivity contribution is -0.145. The van der Waals surface area contributed by atoms with Gasteiger partial charge in [-0.05, 0) is 54.6 Å². The first kappa shape index (κ1) is 21.5. The summed E-state index contributed by atoms with van der Waals surface area (Å²) in [6.07, 6.45) is 7.35. The highest BCUT2D eigenvalue weighted by Crippen LogP contribution is 2.43. The molecule has 2 aliphatic carbocycles. The van der Waals surface area contributed by atoms with Gasteiger partial charge in [0, 0.05) is 31.1 Å². The van der Waals surface area contributed by atoms with Crippen molar-refractivity contribution in [2.24, 2.45) is 17.8 Å². The van der Waals surface area contributed by atoms with Crippen molar-refractivity contribution in [1.82, 2.24) is 4.90 Å². The van der Waals surface area contributed by atoms with Gasteiger partial charge in [0.2, 0.25) is 0 Å². The van der Waals surface area contributed by atoms with Gasteiger partial charge in [0.05, 0.1) is 13.0 Å². The summed E-state index contributed by atoms with van der Waals surface area (Å²) < 4.78 is 5.77. The van der Waals surface area contributed by atoms with E-state index >= 15 is 0 Å². The highest BCUT2D eigenvalue weighted by molar-refractivity contribution is 5.74. The zero-order valence-electron chi connectivity index (χ0n) is 18.9. The number of nitrogens with zero attached hydrogens (tertiary/aromatic N) is 1. The van der Waals surface area contributed by atoms with Gasteiger partial charge in [-0.1, -0.05) is 61.4 Å². The Morgan fingerprint density at radius 1 is 0.938 bits per heavy atom. The van der Waals surface area contributed by atoms with Gasteiger partial charge in [-0.2, -0.15) is 0 Å². The van der Waals surface area contributed by atoms with E-state index in [1.54, 1.807) is 0 Å². The molecule has 1 heterocycles. The van der Waals surface area contributed by atoms with E-state index in [0.717, 1.165) is 38.0 Å². The quantitative estimate of drug-likeness (QED) is 0.603. The number of phenolic OH excluding ortho intramolecular Hbond substituents is 1. The Balaban J connectivity index is 1.14. The predicted octanol–water partition coefficient (Wildman–Crippen LogP) is 5.29. The summed E-state index contributed by atoms with van der Waals surface area (Å²) in [5, 5.41) is 10.7. The Bertz CT molecular complexity index is 908. The number of para-hydroxylation sites is 1. The first-order valence-corrected chi connectivity index (χ1v) is 12.4. The molecule has 3 fully saturated rings. The number of hydrogen-bond acceptors (Lipinski definition) is 4. The summed E-state index contributed by atoms with van der Waals surface area (Å²) in [4.78, 5) is 15.2. The van der Waals surface area contributed by atoms with Gasteiger partial charge in [-0.25, -0.2) is 0 Å². The lowest BCUT2D eigenvalue weighted by Gasteiger charge is -2.37. The van der Waals surface area contributed by atoms with Crippen LogP contribution in [0.25, 0.3) is 0 Å². The van der Waals surface area contributed by atoms with Crippen molar-refractivity contribution >= 4 is 5.97 Å². The summed E-state index contributed by atoms with van der Waals surface area (Å²) in [7, 11) is 0. The highest BCUT2D eigenvalue weighted by atomic mass is 16.5. The minimum Gasteiger partial charge on any atom is -0.507 e. The van der Waals surface area contributed by atoms with Crippen LogP contribution >= 0.6 is 0 Å². The molecule has 1 saturated heterocycles. The Morgan fingerprint density at radius 3 is 2.38 bits per heavy atom. The maximum Gasteiger partial charge on any atom is 0.310 e. The van der Waals surface area contributed by atoms with Crippen LogP contribution in [0.4, 0.5) is 0 Å². The Kier molecular flexibility index (Phi) is 6.49. The number of hydrogen-bond donors (Lipinski definition) is 1. The average Bonchev–Trinajstić information content (AvgIpc) is 3.41. The number of fused-ring (bicyclic) bond motifs is 2. The molecule has 1 aliphatic heterocycles. The molecule has 5 rings (SSSR count). The lowest BCUT2D eigenvalue weighted by Crippen LogP contribution is -2.43. The second-order valence-corrected chi connectivity index (χ2v) is 10.1. The number of aromatic hydroxyl groups is 1. The predicted molar refractivity (Wildman–Crippen MR) is 125 cm³/mol. The van der Waals surface area contributed by atoms with Crippen molar-refractivity contribution in [3.05, 3.63) is 65.2 Å². The fraction of sp³-hybridized carbons (Fsp3) is 0.536. The van der Waals surface area contributed by atoms with Gasteiger partial charge >= 0.3 is 5.97 Å². The first-order chi connectivity index (χ1) is 15.7. The summed E-state index contributed by atoms with van der Waals surface area (Å²) in [5.41, 5.74) is 3.09. The number of ether oxygens (including phenoxy) is 1. The summed E-state index contributed by atoms with van der Waals surface area (Å²) in [6.45, 7) is 3.73. The number of esters is 1. The number of rotatable bonds is 7. The zero-order valence-corrected chi connectivity index (χ0v) is 18.9. The molecule has 0 aromatic heterocycles. The summed E-state index contributed by atoms with van der Waals surface area (Å²) >= 11 is 0. The molecule has 0 radical (unpaired) electrons. The van der Waals surface area contributed by atoms with E-state index in [-0.39, 0.29) is 12.4 Å². The van der Waals surface area contributed by atoms with Crippen LogP contribution in [-0.2, 0) is 22.5 Å². The van der Waals surface area contributed by atoms with E-state index in [1.807, 2.05) is 18.2 Å².